The van der Waals surface area contributed by atoms with Gasteiger partial charge in [-0.25, -0.2) is 0 Å². The Labute approximate surface area is 173 Å². The van der Waals surface area contributed by atoms with E-state index in [1.807, 2.05) is 6.92 Å². The fourth-order valence-electron chi connectivity index (χ4n) is 2.93. The van der Waals surface area contributed by atoms with E-state index in [0.29, 0.717) is 17.3 Å². The minimum absolute atomic E-state index is 0.131. The summed E-state index contributed by atoms with van der Waals surface area (Å²) in [6.07, 6.45) is 0. The van der Waals surface area contributed by atoms with Crippen LogP contribution in [0.2, 0.25) is 0 Å². The number of phenolic OH excluding ortho intramolecular Hbond substituents is 1. The molecule has 158 valence electrons. The van der Waals surface area contributed by atoms with E-state index < -0.39 is 42.4 Å². The second kappa shape index (κ2) is 8.08. The van der Waals surface area contributed by atoms with E-state index in [9.17, 15) is 31.9 Å². The van der Waals surface area contributed by atoms with Gasteiger partial charge >= 0.3 is 0 Å². The summed E-state index contributed by atoms with van der Waals surface area (Å²) >= 11 is -2.94. The van der Waals surface area contributed by atoms with Crippen LogP contribution in [0.1, 0.15) is 11.1 Å². The largest absolute Gasteiger partial charge is 0.768 e. The van der Waals surface area contributed by atoms with Gasteiger partial charge in [-0.1, -0.05) is 23.8 Å². The van der Waals surface area contributed by atoms with Crippen molar-refractivity contribution in [3.8, 4) is 5.75 Å². The first-order valence-electron chi connectivity index (χ1n) is 8.31. The fourth-order valence-corrected chi connectivity index (χ4v) is 4.22. The third-order valence-corrected chi connectivity index (χ3v) is 5.94. The summed E-state index contributed by atoms with van der Waals surface area (Å²) in [6.45, 7) is 1.55. The first-order valence-corrected chi connectivity index (χ1v) is 10.8. The zero-order valence-electron chi connectivity index (χ0n) is 15.4. The van der Waals surface area contributed by atoms with Crippen LogP contribution in [0.5, 0.6) is 5.75 Å². The fraction of sp³-hybridized carbons (Fsp3) is 0.111. The van der Waals surface area contributed by atoms with E-state index >= 15 is 0 Å². The number of aryl methyl sites for hydroxylation is 1. The van der Waals surface area contributed by atoms with Gasteiger partial charge in [0.2, 0.25) is 0 Å². The van der Waals surface area contributed by atoms with Crippen LogP contribution in [-0.2, 0) is 27.8 Å². The molecule has 3 rings (SSSR count). The van der Waals surface area contributed by atoms with Crippen LogP contribution in [-0.4, -0.2) is 31.9 Å². The number of hydrogen-bond donors (Lipinski definition) is 4. The maximum Gasteiger partial charge on any atom is 0.295 e. The molecule has 0 heterocycles. The smallest absolute Gasteiger partial charge is 0.295 e. The lowest BCUT2D eigenvalue weighted by Crippen LogP contribution is -2.05. The predicted octanol–water partition coefficient (Wildman–Crippen LogP) is 2.83. The van der Waals surface area contributed by atoms with Crippen LogP contribution >= 0.6 is 0 Å². The standard InChI is InChI=1S/C18H17N3O7S2/c1-9-2-4-12(10(6-9)8-22)20-21-13-5-3-11-15(30(26,27)28)7-14(29(24)25)17(19)16(11)18(13)23/h2-7,22-23H,8,19H2,1H3,(H,24,25)(H,26,27,28)/p-1. The first kappa shape index (κ1) is 21.8. The molecule has 0 spiro atoms. The van der Waals surface area contributed by atoms with E-state index in [4.69, 9.17) is 5.73 Å². The second-order valence-electron chi connectivity index (χ2n) is 6.34. The van der Waals surface area contributed by atoms with Crippen molar-refractivity contribution in [2.75, 3.05) is 5.73 Å². The average Bonchev–Trinajstić information content (AvgIpc) is 2.66. The molecule has 0 bridgehead atoms. The van der Waals surface area contributed by atoms with E-state index in [1.165, 1.54) is 12.1 Å². The molecule has 3 aromatic carbocycles. The molecule has 0 fully saturated rings. The van der Waals surface area contributed by atoms with Crippen molar-refractivity contribution in [1.29, 1.82) is 0 Å². The molecule has 12 heteroatoms. The number of benzene rings is 3. The average molecular weight is 450 g/mol. The molecule has 0 aromatic heterocycles. The number of aromatic hydroxyl groups is 1. The van der Waals surface area contributed by atoms with Gasteiger partial charge < -0.3 is 20.5 Å². The molecule has 10 nitrogen and oxygen atoms in total. The summed E-state index contributed by atoms with van der Waals surface area (Å²) in [5, 5.41) is 27.5. The Kier molecular flexibility index (Phi) is 5.87. The zero-order valence-corrected chi connectivity index (χ0v) is 17.1. The van der Waals surface area contributed by atoms with Gasteiger partial charge in [-0.2, -0.15) is 13.5 Å². The van der Waals surface area contributed by atoms with Gasteiger partial charge in [0.15, 0.2) is 5.75 Å². The van der Waals surface area contributed by atoms with Gasteiger partial charge in [-0.05, 0) is 36.2 Å². The second-order valence-corrected chi connectivity index (χ2v) is 8.64. The summed E-state index contributed by atoms with van der Waals surface area (Å²) in [7, 11) is -4.82. The van der Waals surface area contributed by atoms with Crippen LogP contribution in [0.25, 0.3) is 10.8 Å². The predicted molar refractivity (Wildman–Crippen MR) is 108 cm³/mol. The highest BCUT2D eigenvalue weighted by molar-refractivity contribution is 7.86. The highest BCUT2D eigenvalue weighted by Crippen LogP contribution is 2.43. The number of phenols is 1. The summed E-state index contributed by atoms with van der Waals surface area (Å²) in [4.78, 5) is -1.34. The molecule has 0 aliphatic rings. The van der Waals surface area contributed by atoms with Gasteiger partial charge in [-0.3, -0.25) is 8.76 Å². The molecule has 0 saturated heterocycles. The zero-order chi connectivity index (χ0) is 22.2. The van der Waals surface area contributed by atoms with Crippen molar-refractivity contribution in [1.82, 2.24) is 0 Å². The van der Waals surface area contributed by atoms with Crippen molar-refractivity contribution >= 4 is 49.0 Å². The number of aliphatic hydroxyl groups is 1. The lowest BCUT2D eigenvalue weighted by molar-refractivity contribution is 0.282. The molecule has 0 aliphatic carbocycles. The van der Waals surface area contributed by atoms with Gasteiger partial charge in [0.05, 0.1) is 23.4 Å². The van der Waals surface area contributed by atoms with Crippen molar-refractivity contribution in [3.63, 3.8) is 0 Å². The molecule has 5 N–H and O–H groups in total. The lowest BCUT2D eigenvalue weighted by Gasteiger charge is -2.15. The number of anilines is 1. The Morgan fingerprint density at radius 2 is 1.77 bits per heavy atom. The van der Waals surface area contributed by atoms with Crippen LogP contribution in [0.4, 0.5) is 17.1 Å². The maximum atomic E-state index is 11.7. The number of nitrogen functional groups attached to an aromatic ring is 1. The highest BCUT2D eigenvalue weighted by atomic mass is 32.2. The summed E-state index contributed by atoms with van der Waals surface area (Å²) in [5.41, 5.74) is 7.03. The van der Waals surface area contributed by atoms with Gasteiger partial charge in [0.25, 0.3) is 10.1 Å². The number of rotatable bonds is 5. The normalized spacial score (nSPS) is 13.2. The van der Waals surface area contributed by atoms with Gasteiger partial charge in [0.1, 0.15) is 10.6 Å². The van der Waals surface area contributed by atoms with E-state index in [-0.39, 0.29) is 23.1 Å². The Morgan fingerprint density at radius 3 is 2.37 bits per heavy atom. The summed E-state index contributed by atoms with van der Waals surface area (Å²) in [5.74, 6) is -0.622. The van der Waals surface area contributed by atoms with Crippen molar-refractivity contribution in [2.45, 2.75) is 23.3 Å². The number of aliphatic hydroxyl groups excluding tert-OH is 1. The number of hydrogen-bond acceptors (Lipinski definition) is 9. The van der Waals surface area contributed by atoms with Gasteiger partial charge in [-0.15, -0.1) is 5.11 Å². The first-order chi connectivity index (χ1) is 14.0. The van der Waals surface area contributed by atoms with Crippen LogP contribution in [0.3, 0.4) is 0 Å². The molecule has 0 amide bonds. The Hall–Kier alpha value is -2.90. The molecule has 1 atom stereocenters. The van der Waals surface area contributed by atoms with Crippen molar-refractivity contribution < 1.29 is 31.9 Å². The molecule has 0 saturated carbocycles. The molecule has 0 aliphatic heterocycles. The Balaban J connectivity index is 2.26. The number of fused-ring (bicyclic) bond motifs is 1. The number of azo groups is 1. The third kappa shape index (κ3) is 4.04. The molecule has 30 heavy (non-hydrogen) atoms. The van der Waals surface area contributed by atoms with Crippen molar-refractivity contribution in [3.05, 3.63) is 47.5 Å². The third-order valence-electron chi connectivity index (χ3n) is 4.35. The van der Waals surface area contributed by atoms with Crippen LogP contribution < -0.4 is 5.73 Å². The Morgan fingerprint density at radius 1 is 1.13 bits per heavy atom. The molecule has 1 unspecified atom stereocenters. The maximum absolute atomic E-state index is 11.7. The van der Waals surface area contributed by atoms with E-state index in [0.717, 1.165) is 5.56 Å². The molecule has 3 aromatic rings. The minimum atomic E-state index is -4.82. The van der Waals surface area contributed by atoms with E-state index in [2.05, 4.69) is 10.2 Å². The quantitative estimate of drug-likeness (QED) is 0.198. The molecule has 0 radical (unpaired) electrons. The van der Waals surface area contributed by atoms with E-state index in [1.54, 1.807) is 18.2 Å². The molecular weight excluding hydrogens is 434 g/mol. The monoisotopic (exact) mass is 450 g/mol. The van der Waals surface area contributed by atoms with Crippen molar-refractivity contribution in [2.24, 2.45) is 10.2 Å². The molecular formula is C18H16N3O7S2-. The van der Waals surface area contributed by atoms with Gasteiger partial charge in [0, 0.05) is 15.8 Å². The minimum Gasteiger partial charge on any atom is -0.768 e. The topological polar surface area (TPSA) is 186 Å². The summed E-state index contributed by atoms with van der Waals surface area (Å²) in [6, 6.07) is 8.22. The SMILES string of the molecule is Cc1ccc(N=Nc2ccc3c(S(=O)(=O)O)cc(S(=O)[O-])c(N)c3c2O)c(CO)c1. The lowest BCUT2D eigenvalue weighted by atomic mass is 10.1. The van der Waals surface area contributed by atoms with Crippen LogP contribution in [0.15, 0.2) is 56.4 Å². The highest BCUT2D eigenvalue weighted by Gasteiger charge is 2.22. The number of nitrogens with zero attached hydrogens (tertiary/aromatic N) is 2. The summed E-state index contributed by atoms with van der Waals surface area (Å²) < 4.78 is 55.8. The van der Waals surface area contributed by atoms with Crippen LogP contribution in [0, 0.1) is 6.92 Å². The number of nitrogens with two attached hydrogens (primary N) is 1. The Bertz CT molecular complexity index is 1320.